The number of nitrogens with zero attached hydrogens (tertiary/aromatic N) is 1. The fourth-order valence-electron chi connectivity index (χ4n) is 2.71. The maximum absolute atomic E-state index is 14.2. The zero-order chi connectivity index (χ0) is 17.7. The number of hydrogen-bond acceptors (Lipinski definition) is 5. The molecule has 132 valence electrons. The fourth-order valence-corrected chi connectivity index (χ4v) is 5.11. The molecule has 0 unspecified atom stereocenters. The minimum absolute atomic E-state index is 0.0119. The van der Waals surface area contributed by atoms with Gasteiger partial charge in [0.25, 0.3) is 0 Å². The van der Waals surface area contributed by atoms with E-state index in [9.17, 15) is 12.8 Å². The molecule has 1 aliphatic rings. The maximum Gasteiger partial charge on any atom is 0.200 e. The first-order valence-corrected chi connectivity index (χ1v) is 9.60. The number of fused-ring (bicyclic) bond motifs is 1. The minimum Gasteiger partial charge on any atom is -0.439 e. The van der Waals surface area contributed by atoms with Crippen molar-refractivity contribution in [1.29, 1.82) is 0 Å². The molecule has 1 fully saturated rings. The molecule has 5 nitrogen and oxygen atoms in total. The van der Waals surface area contributed by atoms with Gasteiger partial charge in [-0.3, -0.25) is 0 Å². The summed E-state index contributed by atoms with van der Waals surface area (Å²) in [5.74, 6) is 0.403. The topological polar surface area (TPSA) is 69.4 Å². The van der Waals surface area contributed by atoms with Crippen LogP contribution in [0, 0.1) is 0 Å². The first kappa shape index (κ1) is 17.6. The number of oxazole rings is 1. The highest BCUT2D eigenvalue weighted by atomic mass is 35.5. The molecule has 1 aromatic heterocycles. The SMILES string of the molecule is CC(C)(C)c1nc2ccc(Cl)c(S(=O)(=O)[C@@H]3CCOC[C@H]3F)c2o1. The molecule has 2 atom stereocenters. The van der Waals surface area contributed by atoms with Crippen molar-refractivity contribution in [2.24, 2.45) is 0 Å². The second-order valence-corrected chi connectivity index (χ2v) is 9.47. The van der Waals surface area contributed by atoms with Crippen molar-refractivity contribution in [3.63, 3.8) is 0 Å². The highest BCUT2D eigenvalue weighted by Gasteiger charge is 2.40. The van der Waals surface area contributed by atoms with Crippen LogP contribution < -0.4 is 0 Å². The van der Waals surface area contributed by atoms with Gasteiger partial charge in [0.2, 0.25) is 5.89 Å². The zero-order valence-corrected chi connectivity index (χ0v) is 15.2. The monoisotopic (exact) mass is 375 g/mol. The van der Waals surface area contributed by atoms with Gasteiger partial charge in [0, 0.05) is 12.0 Å². The molecule has 0 spiro atoms. The summed E-state index contributed by atoms with van der Waals surface area (Å²) < 4.78 is 50.9. The van der Waals surface area contributed by atoms with E-state index in [1.54, 1.807) is 6.07 Å². The summed E-state index contributed by atoms with van der Waals surface area (Å²) in [5.41, 5.74) is 0.0878. The van der Waals surface area contributed by atoms with Crippen molar-refractivity contribution in [2.75, 3.05) is 13.2 Å². The Labute approximate surface area is 145 Å². The summed E-state index contributed by atoms with van der Waals surface area (Å²) >= 11 is 6.16. The lowest BCUT2D eigenvalue weighted by atomic mass is 9.97. The summed E-state index contributed by atoms with van der Waals surface area (Å²) in [5, 5.41) is -1.18. The van der Waals surface area contributed by atoms with E-state index in [2.05, 4.69) is 4.98 Å². The van der Waals surface area contributed by atoms with E-state index in [0.29, 0.717) is 11.4 Å². The van der Waals surface area contributed by atoms with Crippen LogP contribution in [0.15, 0.2) is 21.4 Å². The fraction of sp³-hybridized carbons (Fsp3) is 0.562. The lowest BCUT2D eigenvalue weighted by molar-refractivity contribution is 0.0390. The lowest BCUT2D eigenvalue weighted by Crippen LogP contribution is -2.39. The van der Waals surface area contributed by atoms with Gasteiger partial charge < -0.3 is 9.15 Å². The van der Waals surface area contributed by atoms with Crippen molar-refractivity contribution >= 4 is 32.5 Å². The Balaban J connectivity index is 2.21. The molecule has 0 aliphatic carbocycles. The van der Waals surface area contributed by atoms with Gasteiger partial charge in [-0.2, -0.15) is 0 Å². The first-order valence-electron chi connectivity index (χ1n) is 7.67. The van der Waals surface area contributed by atoms with Crippen molar-refractivity contribution in [1.82, 2.24) is 4.98 Å². The molecule has 3 rings (SSSR count). The van der Waals surface area contributed by atoms with Crippen molar-refractivity contribution in [3.8, 4) is 0 Å². The van der Waals surface area contributed by atoms with Crippen LogP contribution in [0.2, 0.25) is 5.02 Å². The van der Waals surface area contributed by atoms with Gasteiger partial charge in [-0.05, 0) is 18.6 Å². The summed E-state index contributed by atoms with van der Waals surface area (Å²) in [7, 11) is -4.02. The third-order valence-electron chi connectivity index (χ3n) is 4.02. The third-order valence-corrected chi connectivity index (χ3v) is 6.75. The molecule has 8 heteroatoms. The number of halogens is 2. The van der Waals surface area contributed by atoms with Crippen LogP contribution in [-0.4, -0.2) is 38.0 Å². The number of alkyl halides is 1. The highest BCUT2D eigenvalue weighted by molar-refractivity contribution is 7.92. The Bertz CT molecular complexity index is 872. The molecular weight excluding hydrogens is 357 g/mol. The molecule has 0 bridgehead atoms. The third kappa shape index (κ3) is 2.93. The predicted octanol–water partition coefficient (Wildman–Crippen LogP) is 3.68. The van der Waals surface area contributed by atoms with Gasteiger partial charge in [0.05, 0.1) is 11.6 Å². The molecule has 0 N–H and O–H groups in total. The van der Waals surface area contributed by atoms with Crippen LogP contribution in [-0.2, 0) is 20.0 Å². The van der Waals surface area contributed by atoms with Crippen LogP contribution in [0.25, 0.3) is 11.1 Å². The van der Waals surface area contributed by atoms with Crippen molar-refractivity contribution < 1.29 is 22.0 Å². The standard InChI is InChI=1S/C16H19ClFNO4S/c1-16(2,3)15-19-11-5-4-9(17)14(13(11)23-15)24(20,21)12-6-7-22-8-10(12)18/h4-5,10,12H,6-8H2,1-3H3/t10-,12-/m1/s1. The van der Waals surface area contributed by atoms with E-state index in [1.807, 2.05) is 20.8 Å². The van der Waals surface area contributed by atoms with Crippen molar-refractivity contribution in [2.45, 2.75) is 48.9 Å². The Morgan fingerprint density at radius 3 is 2.67 bits per heavy atom. The molecule has 1 aliphatic heterocycles. The van der Waals surface area contributed by atoms with Crippen LogP contribution >= 0.6 is 11.6 Å². The molecule has 2 heterocycles. The van der Waals surface area contributed by atoms with E-state index < -0.39 is 26.7 Å². The average Bonchev–Trinajstić information content (AvgIpc) is 2.91. The molecule has 0 saturated carbocycles. The Kier molecular flexibility index (Phi) is 4.38. The Hall–Kier alpha value is -1.18. The van der Waals surface area contributed by atoms with Crippen LogP contribution in [0.4, 0.5) is 4.39 Å². The highest BCUT2D eigenvalue weighted by Crippen LogP contribution is 2.37. The first-order chi connectivity index (χ1) is 11.1. The van der Waals surface area contributed by atoms with E-state index in [1.165, 1.54) is 6.07 Å². The molecule has 0 amide bonds. The normalized spacial score (nSPS) is 22.9. The van der Waals surface area contributed by atoms with E-state index in [4.69, 9.17) is 20.8 Å². The number of benzene rings is 1. The summed E-state index contributed by atoms with van der Waals surface area (Å²) in [6.07, 6.45) is -1.52. The van der Waals surface area contributed by atoms with Gasteiger partial charge >= 0.3 is 0 Å². The average molecular weight is 376 g/mol. The summed E-state index contributed by atoms with van der Waals surface area (Å²) in [6, 6.07) is 3.06. The zero-order valence-electron chi connectivity index (χ0n) is 13.7. The lowest BCUT2D eigenvalue weighted by Gasteiger charge is -2.26. The van der Waals surface area contributed by atoms with Crippen LogP contribution in [0.1, 0.15) is 33.1 Å². The molecule has 1 saturated heterocycles. The summed E-state index contributed by atoms with van der Waals surface area (Å²) in [4.78, 5) is 4.17. The Morgan fingerprint density at radius 1 is 1.33 bits per heavy atom. The number of ether oxygens (including phenoxy) is 1. The molecule has 0 radical (unpaired) electrons. The minimum atomic E-state index is -4.02. The van der Waals surface area contributed by atoms with Gasteiger partial charge in [-0.25, -0.2) is 17.8 Å². The maximum atomic E-state index is 14.2. The number of rotatable bonds is 2. The van der Waals surface area contributed by atoms with Gasteiger partial charge in [-0.15, -0.1) is 0 Å². The van der Waals surface area contributed by atoms with Gasteiger partial charge in [-0.1, -0.05) is 32.4 Å². The van der Waals surface area contributed by atoms with E-state index >= 15 is 0 Å². The molecule has 1 aromatic carbocycles. The molecular formula is C16H19ClFNO4S. The number of aromatic nitrogens is 1. The second kappa shape index (κ2) is 5.97. The van der Waals surface area contributed by atoms with Gasteiger partial charge in [0.15, 0.2) is 15.4 Å². The van der Waals surface area contributed by atoms with E-state index in [0.717, 1.165) is 0 Å². The van der Waals surface area contributed by atoms with Crippen LogP contribution in [0.5, 0.6) is 0 Å². The Morgan fingerprint density at radius 2 is 2.04 bits per heavy atom. The molecule has 24 heavy (non-hydrogen) atoms. The van der Waals surface area contributed by atoms with Gasteiger partial charge in [0.1, 0.15) is 21.8 Å². The largest absolute Gasteiger partial charge is 0.439 e. The molecule has 2 aromatic rings. The predicted molar refractivity (Wildman–Crippen MR) is 89.0 cm³/mol. The quantitative estimate of drug-likeness (QED) is 0.800. The van der Waals surface area contributed by atoms with Crippen molar-refractivity contribution in [3.05, 3.63) is 23.0 Å². The smallest absolute Gasteiger partial charge is 0.200 e. The van der Waals surface area contributed by atoms with E-state index in [-0.39, 0.29) is 35.1 Å². The summed E-state index contributed by atoms with van der Waals surface area (Å²) in [6.45, 7) is 5.68. The van der Waals surface area contributed by atoms with Crippen LogP contribution in [0.3, 0.4) is 0 Å². The number of sulfone groups is 1. The number of hydrogen-bond donors (Lipinski definition) is 0. The second-order valence-electron chi connectivity index (χ2n) is 6.96.